The number of carbonyl (C=O) groups excluding carboxylic acids is 1. The van der Waals surface area contributed by atoms with Crippen molar-refractivity contribution in [2.45, 2.75) is 72.4 Å². The monoisotopic (exact) mass is 298 g/mol. The van der Waals surface area contributed by atoms with Crippen LogP contribution in [-0.2, 0) is 4.74 Å². The zero-order chi connectivity index (χ0) is 16.0. The van der Waals surface area contributed by atoms with Gasteiger partial charge in [0, 0.05) is 19.1 Å². The van der Waals surface area contributed by atoms with E-state index in [-0.39, 0.29) is 6.09 Å². The van der Waals surface area contributed by atoms with Crippen molar-refractivity contribution in [1.82, 2.24) is 10.2 Å². The zero-order valence-electron chi connectivity index (χ0n) is 14.7. The Labute approximate surface area is 130 Å². The van der Waals surface area contributed by atoms with E-state index < -0.39 is 5.60 Å². The Morgan fingerprint density at radius 2 is 2.05 bits per heavy atom. The molecule has 0 saturated carbocycles. The molecule has 1 N–H and O–H groups in total. The first-order valence-corrected chi connectivity index (χ1v) is 8.44. The quantitative estimate of drug-likeness (QED) is 0.842. The maximum absolute atomic E-state index is 12.1. The lowest BCUT2D eigenvalue weighted by molar-refractivity contribution is 0.0165. The standard InChI is InChI=1S/C17H34N2O2/c1-7-13(2)14(3)18-11-15-9-8-10-19(12-15)16(20)21-17(4,5)6/h13-15,18H,7-12H2,1-6H3. The Bertz CT molecular complexity index is 325. The van der Waals surface area contributed by atoms with Gasteiger partial charge in [-0.25, -0.2) is 4.79 Å². The minimum Gasteiger partial charge on any atom is -0.444 e. The predicted octanol–water partition coefficient (Wildman–Crippen LogP) is 3.66. The number of amides is 1. The van der Waals surface area contributed by atoms with Crippen molar-refractivity contribution < 1.29 is 9.53 Å². The summed E-state index contributed by atoms with van der Waals surface area (Å²) in [7, 11) is 0. The van der Waals surface area contributed by atoms with Crippen molar-refractivity contribution in [1.29, 1.82) is 0 Å². The highest BCUT2D eigenvalue weighted by Crippen LogP contribution is 2.19. The number of rotatable bonds is 5. The number of piperidine rings is 1. The molecule has 4 nitrogen and oxygen atoms in total. The van der Waals surface area contributed by atoms with E-state index in [2.05, 4.69) is 26.1 Å². The van der Waals surface area contributed by atoms with Crippen LogP contribution in [0.5, 0.6) is 0 Å². The molecule has 124 valence electrons. The second-order valence-corrected chi connectivity index (χ2v) is 7.52. The van der Waals surface area contributed by atoms with Crippen molar-refractivity contribution in [2.75, 3.05) is 19.6 Å². The molecule has 1 aliphatic heterocycles. The van der Waals surface area contributed by atoms with Gasteiger partial charge in [-0.05, 0) is 58.9 Å². The summed E-state index contributed by atoms with van der Waals surface area (Å²) in [5.41, 5.74) is -0.409. The maximum atomic E-state index is 12.1. The van der Waals surface area contributed by atoms with Gasteiger partial charge in [-0.1, -0.05) is 20.3 Å². The summed E-state index contributed by atoms with van der Waals surface area (Å²) in [6.07, 6.45) is 3.30. The molecule has 0 aromatic heterocycles. The molecule has 1 amide bonds. The first-order valence-electron chi connectivity index (χ1n) is 8.44. The van der Waals surface area contributed by atoms with Crippen molar-refractivity contribution in [3.05, 3.63) is 0 Å². The number of likely N-dealkylation sites (tertiary alicyclic amines) is 1. The van der Waals surface area contributed by atoms with E-state index in [1.807, 2.05) is 25.7 Å². The third kappa shape index (κ3) is 6.68. The van der Waals surface area contributed by atoms with Gasteiger partial charge in [-0.15, -0.1) is 0 Å². The van der Waals surface area contributed by atoms with Gasteiger partial charge in [0.1, 0.15) is 5.60 Å². The molecule has 0 bridgehead atoms. The molecule has 21 heavy (non-hydrogen) atoms. The molecule has 3 atom stereocenters. The van der Waals surface area contributed by atoms with Gasteiger partial charge in [0.15, 0.2) is 0 Å². The SMILES string of the molecule is CCC(C)C(C)NCC1CCCN(C(=O)OC(C)(C)C)C1. The molecule has 1 fully saturated rings. The third-order valence-electron chi connectivity index (χ3n) is 4.40. The summed E-state index contributed by atoms with van der Waals surface area (Å²) in [4.78, 5) is 14.0. The van der Waals surface area contributed by atoms with Gasteiger partial charge < -0.3 is 15.0 Å². The summed E-state index contributed by atoms with van der Waals surface area (Å²) in [6.45, 7) is 15.2. The van der Waals surface area contributed by atoms with E-state index in [1.54, 1.807) is 0 Å². The van der Waals surface area contributed by atoms with E-state index in [0.29, 0.717) is 17.9 Å². The Balaban J connectivity index is 2.40. The number of hydrogen-bond donors (Lipinski definition) is 1. The van der Waals surface area contributed by atoms with Crippen molar-refractivity contribution in [3.8, 4) is 0 Å². The molecule has 0 spiro atoms. The molecule has 0 aromatic carbocycles. The zero-order valence-corrected chi connectivity index (χ0v) is 14.7. The topological polar surface area (TPSA) is 41.6 Å². The Hall–Kier alpha value is -0.770. The number of ether oxygens (including phenoxy) is 1. The predicted molar refractivity (Wildman–Crippen MR) is 87.5 cm³/mol. The van der Waals surface area contributed by atoms with Crippen LogP contribution in [0.2, 0.25) is 0 Å². The molecular weight excluding hydrogens is 264 g/mol. The lowest BCUT2D eigenvalue weighted by atomic mass is 9.96. The van der Waals surface area contributed by atoms with Crippen LogP contribution in [0, 0.1) is 11.8 Å². The first kappa shape index (κ1) is 18.3. The fourth-order valence-electron chi connectivity index (χ4n) is 2.63. The number of hydrogen-bond acceptors (Lipinski definition) is 3. The second-order valence-electron chi connectivity index (χ2n) is 7.52. The summed E-state index contributed by atoms with van der Waals surface area (Å²) in [6, 6.07) is 0.534. The van der Waals surface area contributed by atoms with Gasteiger partial charge in [-0.2, -0.15) is 0 Å². The highest BCUT2D eigenvalue weighted by Gasteiger charge is 2.27. The van der Waals surface area contributed by atoms with E-state index in [1.165, 1.54) is 12.8 Å². The van der Waals surface area contributed by atoms with E-state index in [0.717, 1.165) is 26.1 Å². The first-order chi connectivity index (χ1) is 9.73. The van der Waals surface area contributed by atoms with E-state index >= 15 is 0 Å². The third-order valence-corrected chi connectivity index (χ3v) is 4.40. The Kier molecular flexibility index (Phi) is 6.98. The molecule has 1 aliphatic rings. The normalized spacial score (nSPS) is 22.8. The lowest BCUT2D eigenvalue weighted by Crippen LogP contribution is -2.46. The average Bonchev–Trinajstić information content (AvgIpc) is 2.42. The van der Waals surface area contributed by atoms with Gasteiger partial charge in [0.2, 0.25) is 0 Å². The average molecular weight is 298 g/mol. The Morgan fingerprint density at radius 3 is 2.62 bits per heavy atom. The fourth-order valence-corrected chi connectivity index (χ4v) is 2.63. The molecule has 3 unspecified atom stereocenters. The summed E-state index contributed by atoms with van der Waals surface area (Å²) < 4.78 is 5.47. The summed E-state index contributed by atoms with van der Waals surface area (Å²) >= 11 is 0. The van der Waals surface area contributed by atoms with Crippen LogP contribution in [-0.4, -0.2) is 42.3 Å². The number of nitrogens with one attached hydrogen (secondary N) is 1. The largest absolute Gasteiger partial charge is 0.444 e. The maximum Gasteiger partial charge on any atom is 0.410 e. The lowest BCUT2D eigenvalue weighted by Gasteiger charge is -2.35. The van der Waals surface area contributed by atoms with Crippen LogP contribution in [0.25, 0.3) is 0 Å². The van der Waals surface area contributed by atoms with Crippen molar-refractivity contribution >= 4 is 6.09 Å². The Morgan fingerprint density at radius 1 is 1.38 bits per heavy atom. The number of carbonyl (C=O) groups is 1. The molecule has 0 aliphatic carbocycles. The van der Waals surface area contributed by atoms with Crippen LogP contribution in [0.15, 0.2) is 0 Å². The minimum absolute atomic E-state index is 0.165. The minimum atomic E-state index is -0.409. The van der Waals surface area contributed by atoms with Gasteiger partial charge >= 0.3 is 6.09 Å². The van der Waals surface area contributed by atoms with Gasteiger partial charge in [-0.3, -0.25) is 0 Å². The van der Waals surface area contributed by atoms with E-state index in [4.69, 9.17) is 4.74 Å². The van der Waals surface area contributed by atoms with Crippen LogP contribution >= 0.6 is 0 Å². The van der Waals surface area contributed by atoms with Crippen LogP contribution < -0.4 is 5.32 Å². The fraction of sp³-hybridized carbons (Fsp3) is 0.941. The van der Waals surface area contributed by atoms with Crippen LogP contribution in [0.3, 0.4) is 0 Å². The second kappa shape index (κ2) is 8.02. The molecule has 4 heteroatoms. The highest BCUT2D eigenvalue weighted by molar-refractivity contribution is 5.68. The highest BCUT2D eigenvalue weighted by atomic mass is 16.6. The van der Waals surface area contributed by atoms with Crippen LogP contribution in [0.1, 0.15) is 60.8 Å². The molecule has 0 aromatic rings. The molecule has 1 rings (SSSR count). The summed E-state index contributed by atoms with van der Waals surface area (Å²) in [5.74, 6) is 1.23. The van der Waals surface area contributed by atoms with Gasteiger partial charge in [0.25, 0.3) is 0 Å². The molecule has 1 heterocycles. The molecular formula is C17H34N2O2. The van der Waals surface area contributed by atoms with Crippen molar-refractivity contribution in [3.63, 3.8) is 0 Å². The van der Waals surface area contributed by atoms with Crippen molar-refractivity contribution in [2.24, 2.45) is 11.8 Å². The van der Waals surface area contributed by atoms with Gasteiger partial charge in [0.05, 0.1) is 0 Å². The molecule has 0 radical (unpaired) electrons. The van der Waals surface area contributed by atoms with E-state index in [9.17, 15) is 4.79 Å². The smallest absolute Gasteiger partial charge is 0.410 e. The number of nitrogens with zero attached hydrogens (tertiary/aromatic N) is 1. The van der Waals surface area contributed by atoms with Crippen LogP contribution in [0.4, 0.5) is 4.79 Å². The molecule has 1 saturated heterocycles. The summed E-state index contributed by atoms with van der Waals surface area (Å²) in [5, 5.41) is 3.63.